The van der Waals surface area contributed by atoms with Gasteiger partial charge in [-0.25, -0.2) is 0 Å². The summed E-state index contributed by atoms with van der Waals surface area (Å²) < 4.78 is 0.449. The molecule has 1 atom stereocenters. The van der Waals surface area contributed by atoms with E-state index < -0.39 is 0 Å². The lowest BCUT2D eigenvalue weighted by Crippen LogP contribution is -2.22. The summed E-state index contributed by atoms with van der Waals surface area (Å²) in [7, 11) is 0. The van der Waals surface area contributed by atoms with E-state index in [9.17, 15) is 0 Å². The zero-order valence-electron chi connectivity index (χ0n) is 5.26. The lowest BCUT2D eigenvalue weighted by molar-refractivity contribution is 0.746. The fourth-order valence-corrected chi connectivity index (χ4v) is 1.01. The van der Waals surface area contributed by atoms with Crippen molar-refractivity contribution in [3.05, 3.63) is 11.6 Å². The van der Waals surface area contributed by atoms with E-state index in [1.807, 2.05) is 12.3 Å². The van der Waals surface area contributed by atoms with E-state index in [1.54, 1.807) is 0 Å². The second kappa shape index (κ2) is 3.31. The Balaban J connectivity index is 2.63. The first-order valence-corrected chi connectivity index (χ1v) is 4.09. The van der Waals surface area contributed by atoms with Crippen LogP contribution in [0.2, 0.25) is 0 Å². The number of nitrogens with zero attached hydrogens (tertiary/aromatic N) is 1. The molecule has 50 valence electrons. The molecule has 2 nitrogen and oxygen atoms in total. The molecule has 1 aliphatic rings. The van der Waals surface area contributed by atoms with Gasteiger partial charge in [0.1, 0.15) is 0 Å². The second-order valence-corrected chi connectivity index (χ2v) is 3.21. The average molecular weight is 236 g/mol. The molecule has 0 saturated heterocycles. The predicted molar refractivity (Wildman–Crippen MR) is 48.1 cm³/mol. The lowest BCUT2D eigenvalue weighted by atomic mass is 10.3. The molecule has 0 amide bonds. The smallest absolute Gasteiger partial charge is 0.0894 e. The molecule has 1 unspecified atom stereocenters. The van der Waals surface area contributed by atoms with Gasteiger partial charge in [0, 0.05) is 6.21 Å². The summed E-state index contributed by atoms with van der Waals surface area (Å²) in [6.07, 6.45) is 3.89. The summed E-state index contributed by atoms with van der Waals surface area (Å²) in [4.78, 5) is 4.05. The van der Waals surface area contributed by atoms with Crippen LogP contribution < -0.4 is 5.32 Å². The standard InChI is InChI=1S/C6H9IN2/c1-5-2-3-8-4-9-6(5)7/h2-3,6,9H,4H2,1H3. The van der Waals surface area contributed by atoms with Gasteiger partial charge in [0.05, 0.1) is 10.7 Å². The second-order valence-electron chi connectivity index (χ2n) is 1.97. The molecule has 0 radical (unpaired) electrons. The molecule has 0 spiro atoms. The van der Waals surface area contributed by atoms with E-state index >= 15 is 0 Å². The first kappa shape index (κ1) is 7.21. The maximum Gasteiger partial charge on any atom is 0.0894 e. The summed E-state index contributed by atoms with van der Waals surface area (Å²) in [5, 5.41) is 3.21. The van der Waals surface area contributed by atoms with Crippen LogP contribution >= 0.6 is 22.6 Å². The molecule has 9 heavy (non-hydrogen) atoms. The minimum absolute atomic E-state index is 0.449. The van der Waals surface area contributed by atoms with E-state index in [0.29, 0.717) is 4.05 Å². The van der Waals surface area contributed by atoms with Gasteiger partial charge in [-0.3, -0.25) is 10.3 Å². The Morgan fingerprint density at radius 2 is 2.67 bits per heavy atom. The third-order valence-electron chi connectivity index (χ3n) is 1.20. The van der Waals surface area contributed by atoms with Crippen molar-refractivity contribution in [2.45, 2.75) is 11.0 Å². The van der Waals surface area contributed by atoms with Gasteiger partial charge in [-0.1, -0.05) is 22.6 Å². The highest BCUT2D eigenvalue weighted by Gasteiger charge is 2.04. The van der Waals surface area contributed by atoms with Crippen molar-refractivity contribution in [1.82, 2.24) is 5.32 Å². The van der Waals surface area contributed by atoms with Crippen molar-refractivity contribution in [3.63, 3.8) is 0 Å². The van der Waals surface area contributed by atoms with Crippen LogP contribution in [0, 0.1) is 0 Å². The SMILES string of the molecule is CC1=CC=NCNC1I. The first-order chi connectivity index (χ1) is 4.30. The van der Waals surface area contributed by atoms with Gasteiger partial charge >= 0.3 is 0 Å². The van der Waals surface area contributed by atoms with Crippen LogP contribution in [0.5, 0.6) is 0 Å². The van der Waals surface area contributed by atoms with Crippen LogP contribution in [-0.4, -0.2) is 16.9 Å². The van der Waals surface area contributed by atoms with E-state index in [0.717, 1.165) is 6.67 Å². The Kier molecular flexibility index (Phi) is 2.65. The molecule has 0 aromatic heterocycles. The number of nitrogens with one attached hydrogen (secondary N) is 1. The van der Waals surface area contributed by atoms with Crippen LogP contribution in [0.25, 0.3) is 0 Å². The number of rotatable bonds is 0. The molecular formula is C6H9IN2. The summed E-state index contributed by atoms with van der Waals surface area (Å²) >= 11 is 2.35. The van der Waals surface area contributed by atoms with Crippen molar-refractivity contribution in [1.29, 1.82) is 0 Å². The fraction of sp³-hybridized carbons (Fsp3) is 0.500. The molecule has 0 aromatic rings. The van der Waals surface area contributed by atoms with Gasteiger partial charge in [-0.15, -0.1) is 0 Å². The highest BCUT2D eigenvalue weighted by atomic mass is 127. The minimum atomic E-state index is 0.449. The van der Waals surface area contributed by atoms with Crippen molar-refractivity contribution in [3.8, 4) is 0 Å². The molecule has 0 bridgehead atoms. The Bertz CT molecular complexity index is 151. The van der Waals surface area contributed by atoms with Gasteiger partial charge in [0.25, 0.3) is 0 Å². The van der Waals surface area contributed by atoms with Crippen LogP contribution in [0.15, 0.2) is 16.6 Å². The number of hydrogen-bond acceptors (Lipinski definition) is 2. The van der Waals surface area contributed by atoms with Gasteiger partial charge in [0.2, 0.25) is 0 Å². The van der Waals surface area contributed by atoms with Crippen LogP contribution in [0.1, 0.15) is 6.92 Å². The number of aliphatic imine (C=N–C) groups is 1. The van der Waals surface area contributed by atoms with Crippen LogP contribution in [-0.2, 0) is 0 Å². The quantitative estimate of drug-likeness (QED) is 0.383. The lowest BCUT2D eigenvalue weighted by Gasteiger charge is -2.06. The molecule has 1 rings (SSSR count). The molecule has 0 saturated carbocycles. The van der Waals surface area contributed by atoms with Crippen molar-refractivity contribution in [2.75, 3.05) is 6.67 Å². The number of halogens is 1. The van der Waals surface area contributed by atoms with Crippen LogP contribution in [0.4, 0.5) is 0 Å². The van der Waals surface area contributed by atoms with Crippen LogP contribution in [0.3, 0.4) is 0 Å². The Morgan fingerprint density at radius 1 is 1.89 bits per heavy atom. The molecule has 0 fully saturated rings. The van der Waals surface area contributed by atoms with Gasteiger partial charge < -0.3 is 0 Å². The molecular weight excluding hydrogens is 227 g/mol. The minimum Gasteiger partial charge on any atom is -0.283 e. The Hall–Kier alpha value is 0.1000. The van der Waals surface area contributed by atoms with E-state index in [4.69, 9.17) is 0 Å². The normalized spacial score (nSPS) is 27.3. The molecule has 0 aromatic carbocycles. The van der Waals surface area contributed by atoms with Gasteiger partial charge in [-0.2, -0.15) is 0 Å². The maximum absolute atomic E-state index is 4.05. The molecule has 3 heteroatoms. The first-order valence-electron chi connectivity index (χ1n) is 2.85. The molecule has 1 heterocycles. The molecule has 0 aliphatic carbocycles. The largest absolute Gasteiger partial charge is 0.283 e. The Labute approximate surface area is 68.6 Å². The highest BCUT2D eigenvalue weighted by molar-refractivity contribution is 14.1. The Morgan fingerprint density at radius 3 is 3.44 bits per heavy atom. The highest BCUT2D eigenvalue weighted by Crippen LogP contribution is 2.08. The molecule has 1 aliphatic heterocycles. The number of allylic oxidation sites excluding steroid dienone is 1. The fourth-order valence-electron chi connectivity index (χ4n) is 0.601. The summed E-state index contributed by atoms with van der Waals surface area (Å²) in [6, 6.07) is 0. The van der Waals surface area contributed by atoms with Gasteiger partial charge in [0.15, 0.2) is 0 Å². The van der Waals surface area contributed by atoms with Crippen molar-refractivity contribution >= 4 is 28.8 Å². The van der Waals surface area contributed by atoms with E-state index in [-0.39, 0.29) is 0 Å². The summed E-state index contributed by atoms with van der Waals surface area (Å²) in [6.45, 7) is 2.84. The van der Waals surface area contributed by atoms with E-state index in [2.05, 4.69) is 39.8 Å². The molecule has 1 N–H and O–H groups in total. The third kappa shape index (κ3) is 2.06. The van der Waals surface area contributed by atoms with Crippen molar-refractivity contribution < 1.29 is 0 Å². The third-order valence-corrected chi connectivity index (χ3v) is 2.63. The zero-order valence-corrected chi connectivity index (χ0v) is 7.42. The average Bonchev–Trinajstić information content (AvgIpc) is 1.99. The van der Waals surface area contributed by atoms with Gasteiger partial charge in [-0.05, 0) is 18.6 Å². The zero-order chi connectivity index (χ0) is 6.69. The number of alkyl halides is 1. The predicted octanol–water partition coefficient (Wildman–Crippen LogP) is 1.33. The summed E-state index contributed by atoms with van der Waals surface area (Å²) in [5.74, 6) is 0. The summed E-state index contributed by atoms with van der Waals surface area (Å²) in [5.41, 5.74) is 1.33. The monoisotopic (exact) mass is 236 g/mol. The number of hydrogen-bond donors (Lipinski definition) is 1. The maximum atomic E-state index is 4.05. The van der Waals surface area contributed by atoms with E-state index in [1.165, 1.54) is 5.57 Å². The topological polar surface area (TPSA) is 24.4 Å². The van der Waals surface area contributed by atoms with Crippen molar-refractivity contribution in [2.24, 2.45) is 4.99 Å².